The number of anilines is 1. The van der Waals surface area contributed by atoms with Gasteiger partial charge < -0.3 is 10.3 Å². The first-order valence-electron chi connectivity index (χ1n) is 6.67. The maximum Gasteiger partial charge on any atom is 0.201 e. The first-order valence-corrected chi connectivity index (χ1v) is 6.67. The molecule has 0 bridgehead atoms. The molecule has 5 heteroatoms. The van der Waals surface area contributed by atoms with Gasteiger partial charge in [0.25, 0.3) is 0 Å². The molecule has 1 heterocycles. The van der Waals surface area contributed by atoms with Gasteiger partial charge in [-0.25, -0.2) is 13.8 Å². The summed E-state index contributed by atoms with van der Waals surface area (Å²) in [4.78, 5) is 4.12. The minimum absolute atomic E-state index is 0.191. The van der Waals surface area contributed by atoms with E-state index in [0.29, 0.717) is 23.9 Å². The third-order valence-electron chi connectivity index (χ3n) is 4.29. The molecule has 3 rings (SSSR count). The first kappa shape index (κ1) is 12.4. The van der Waals surface area contributed by atoms with Crippen molar-refractivity contribution in [3.63, 3.8) is 0 Å². The lowest BCUT2D eigenvalue weighted by atomic mass is 9.98. The van der Waals surface area contributed by atoms with Crippen LogP contribution in [0.3, 0.4) is 0 Å². The summed E-state index contributed by atoms with van der Waals surface area (Å²) < 4.78 is 28.9. The fraction of sp³-hybridized carbons (Fsp3) is 0.500. The SMILES string of the molecule is CC1CCCC1Cn1c(N)nc2ccc(F)c(F)c21. The van der Waals surface area contributed by atoms with Gasteiger partial charge >= 0.3 is 0 Å². The molecule has 2 aromatic rings. The van der Waals surface area contributed by atoms with E-state index in [1.807, 2.05) is 0 Å². The summed E-state index contributed by atoms with van der Waals surface area (Å²) in [5, 5.41) is 0. The highest BCUT2D eigenvalue weighted by Gasteiger charge is 2.26. The van der Waals surface area contributed by atoms with Crippen LogP contribution in [0.15, 0.2) is 12.1 Å². The van der Waals surface area contributed by atoms with Gasteiger partial charge in [0.1, 0.15) is 5.52 Å². The Kier molecular flexibility index (Phi) is 2.92. The predicted molar refractivity (Wildman–Crippen MR) is 70.6 cm³/mol. The van der Waals surface area contributed by atoms with Crippen molar-refractivity contribution >= 4 is 17.0 Å². The molecule has 1 aliphatic carbocycles. The fourth-order valence-corrected chi connectivity index (χ4v) is 3.09. The molecule has 0 radical (unpaired) electrons. The van der Waals surface area contributed by atoms with Crippen LogP contribution in [0, 0.1) is 23.5 Å². The Labute approximate surface area is 110 Å². The molecular weight excluding hydrogens is 248 g/mol. The number of hydrogen-bond acceptors (Lipinski definition) is 2. The largest absolute Gasteiger partial charge is 0.369 e. The van der Waals surface area contributed by atoms with E-state index in [0.717, 1.165) is 12.5 Å². The van der Waals surface area contributed by atoms with Crippen LogP contribution in [0.2, 0.25) is 0 Å². The number of nitrogens with two attached hydrogens (primary N) is 1. The minimum Gasteiger partial charge on any atom is -0.369 e. The van der Waals surface area contributed by atoms with Crippen LogP contribution in [-0.2, 0) is 6.54 Å². The van der Waals surface area contributed by atoms with Gasteiger partial charge in [-0.1, -0.05) is 19.8 Å². The second-order valence-corrected chi connectivity index (χ2v) is 5.48. The summed E-state index contributed by atoms with van der Waals surface area (Å²) in [6, 6.07) is 2.56. The third kappa shape index (κ3) is 1.97. The van der Waals surface area contributed by atoms with E-state index in [2.05, 4.69) is 11.9 Å². The number of aromatic nitrogens is 2. The molecule has 1 aliphatic rings. The molecule has 1 aromatic heterocycles. The van der Waals surface area contributed by atoms with E-state index in [1.54, 1.807) is 4.57 Å². The number of fused-ring (bicyclic) bond motifs is 1. The number of benzene rings is 1. The summed E-state index contributed by atoms with van der Waals surface area (Å²) in [5.41, 5.74) is 6.47. The summed E-state index contributed by atoms with van der Waals surface area (Å²) in [5.74, 6) is -0.394. The van der Waals surface area contributed by atoms with Crippen LogP contribution in [0.1, 0.15) is 26.2 Å². The van der Waals surface area contributed by atoms with Gasteiger partial charge in [-0.05, 0) is 30.4 Å². The topological polar surface area (TPSA) is 43.8 Å². The van der Waals surface area contributed by atoms with Gasteiger partial charge in [0, 0.05) is 6.54 Å². The molecule has 0 spiro atoms. The summed E-state index contributed by atoms with van der Waals surface area (Å²) in [6.45, 7) is 2.81. The number of imidazole rings is 1. The maximum absolute atomic E-state index is 14.0. The number of rotatable bonds is 2. The van der Waals surface area contributed by atoms with Crippen molar-refractivity contribution in [3.8, 4) is 0 Å². The van der Waals surface area contributed by atoms with Crippen molar-refractivity contribution in [1.29, 1.82) is 0 Å². The summed E-state index contributed by atoms with van der Waals surface area (Å²) >= 11 is 0. The van der Waals surface area contributed by atoms with E-state index >= 15 is 0 Å². The molecule has 0 amide bonds. The lowest BCUT2D eigenvalue weighted by Gasteiger charge is -2.17. The minimum atomic E-state index is -0.854. The average molecular weight is 265 g/mol. The van der Waals surface area contributed by atoms with Crippen LogP contribution < -0.4 is 5.73 Å². The number of halogens is 2. The molecule has 1 saturated carbocycles. The maximum atomic E-state index is 14.0. The van der Waals surface area contributed by atoms with Crippen LogP contribution in [0.25, 0.3) is 11.0 Å². The highest BCUT2D eigenvalue weighted by molar-refractivity contribution is 5.79. The zero-order valence-electron chi connectivity index (χ0n) is 10.9. The quantitative estimate of drug-likeness (QED) is 0.905. The van der Waals surface area contributed by atoms with Gasteiger partial charge in [-0.15, -0.1) is 0 Å². The van der Waals surface area contributed by atoms with E-state index < -0.39 is 11.6 Å². The number of nitrogens with zero attached hydrogens (tertiary/aromatic N) is 2. The molecule has 0 saturated heterocycles. The van der Waals surface area contributed by atoms with Gasteiger partial charge in [0.2, 0.25) is 5.95 Å². The highest BCUT2D eigenvalue weighted by Crippen LogP contribution is 2.34. The van der Waals surface area contributed by atoms with Crippen molar-refractivity contribution in [2.24, 2.45) is 11.8 Å². The molecule has 2 atom stereocenters. The Morgan fingerprint density at radius 1 is 1.37 bits per heavy atom. The second kappa shape index (κ2) is 4.47. The second-order valence-electron chi connectivity index (χ2n) is 5.48. The molecule has 3 nitrogen and oxygen atoms in total. The summed E-state index contributed by atoms with van der Waals surface area (Å²) in [7, 11) is 0. The van der Waals surface area contributed by atoms with Crippen molar-refractivity contribution in [2.75, 3.05) is 5.73 Å². The van der Waals surface area contributed by atoms with Crippen molar-refractivity contribution in [3.05, 3.63) is 23.8 Å². The van der Waals surface area contributed by atoms with E-state index in [1.165, 1.54) is 18.9 Å². The Balaban J connectivity index is 2.07. The predicted octanol–water partition coefficient (Wildman–Crippen LogP) is 3.33. The van der Waals surface area contributed by atoms with Gasteiger partial charge in [0.15, 0.2) is 11.6 Å². The average Bonchev–Trinajstić information content (AvgIpc) is 2.91. The Hall–Kier alpha value is -1.65. The molecular formula is C14H17F2N3. The van der Waals surface area contributed by atoms with E-state index in [9.17, 15) is 8.78 Å². The standard InChI is InChI=1S/C14H17F2N3/c1-8-3-2-4-9(8)7-19-13-11(18-14(19)17)6-5-10(15)12(13)16/h5-6,8-9H,2-4,7H2,1H3,(H2,17,18). The molecule has 1 aromatic carbocycles. The van der Waals surface area contributed by atoms with Crippen LogP contribution >= 0.6 is 0 Å². The van der Waals surface area contributed by atoms with Crippen LogP contribution in [-0.4, -0.2) is 9.55 Å². The molecule has 102 valence electrons. The smallest absolute Gasteiger partial charge is 0.201 e. The zero-order valence-corrected chi connectivity index (χ0v) is 10.9. The van der Waals surface area contributed by atoms with Gasteiger partial charge in [0.05, 0.1) is 5.52 Å². The summed E-state index contributed by atoms with van der Waals surface area (Å²) in [6.07, 6.45) is 3.49. The normalized spacial score (nSPS) is 23.3. The number of hydrogen-bond donors (Lipinski definition) is 1. The van der Waals surface area contributed by atoms with Crippen LogP contribution in [0.5, 0.6) is 0 Å². The highest BCUT2D eigenvalue weighted by atomic mass is 19.2. The lowest BCUT2D eigenvalue weighted by Crippen LogP contribution is -2.15. The van der Waals surface area contributed by atoms with E-state index in [-0.39, 0.29) is 11.5 Å². The molecule has 19 heavy (non-hydrogen) atoms. The lowest BCUT2D eigenvalue weighted by molar-refractivity contribution is 0.368. The fourth-order valence-electron chi connectivity index (χ4n) is 3.09. The Bertz CT molecular complexity index is 621. The van der Waals surface area contributed by atoms with Crippen molar-refractivity contribution in [2.45, 2.75) is 32.7 Å². The third-order valence-corrected chi connectivity index (χ3v) is 4.29. The Morgan fingerprint density at radius 3 is 2.84 bits per heavy atom. The monoisotopic (exact) mass is 265 g/mol. The van der Waals surface area contributed by atoms with Crippen molar-refractivity contribution < 1.29 is 8.78 Å². The van der Waals surface area contributed by atoms with E-state index in [4.69, 9.17) is 5.73 Å². The Morgan fingerprint density at radius 2 is 2.16 bits per heavy atom. The molecule has 0 aliphatic heterocycles. The van der Waals surface area contributed by atoms with Gasteiger partial charge in [-0.2, -0.15) is 0 Å². The zero-order chi connectivity index (χ0) is 13.6. The number of nitrogen functional groups attached to an aromatic ring is 1. The molecule has 2 unspecified atom stereocenters. The van der Waals surface area contributed by atoms with Crippen LogP contribution in [0.4, 0.5) is 14.7 Å². The van der Waals surface area contributed by atoms with Gasteiger partial charge in [-0.3, -0.25) is 0 Å². The molecule has 2 N–H and O–H groups in total. The first-order chi connectivity index (χ1) is 9.08. The van der Waals surface area contributed by atoms with Crippen molar-refractivity contribution in [1.82, 2.24) is 9.55 Å². The molecule has 1 fully saturated rings.